The van der Waals surface area contributed by atoms with Crippen molar-refractivity contribution in [1.29, 1.82) is 0 Å². The molecule has 0 spiro atoms. The van der Waals surface area contributed by atoms with Crippen LogP contribution in [0, 0.1) is 5.92 Å². The summed E-state index contributed by atoms with van der Waals surface area (Å²) in [6.07, 6.45) is -2.93. The molecular formula is C23H25F3N4O3S. The van der Waals surface area contributed by atoms with Crippen LogP contribution in [0.25, 0.3) is 10.2 Å². The fourth-order valence-electron chi connectivity index (χ4n) is 3.92. The van der Waals surface area contributed by atoms with Crippen LogP contribution < -0.4 is 10.2 Å². The number of aliphatic hydroxyl groups excluding tert-OH is 1. The van der Waals surface area contributed by atoms with Gasteiger partial charge in [0.25, 0.3) is 5.91 Å². The quantitative estimate of drug-likeness (QED) is 0.487. The van der Waals surface area contributed by atoms with Gasteiger partial charge >= 0.3 is 6.18 Å². The van der Waals surface area contributed by atoms with E-state index < -0.39 is 23.4 Å². The summed E-state index contributed by atoms with van der Waals surface area (Å²) in [5.41, 5.74) is -1.57. The van der Waals surface area contributed by atoms with Crippen LogP contribution in [0.1, 0.15) is 48.4 Å². The fraction of sp³-hybridized carbons (Fsp3) is 0.435. The summed E-state index contributed by atoms with van der Waals surface area (Å²) in [6, 6.07) is 6.49. The van der Waals surface area contributed by atoms with E-state index in [0.717, 1.165) is 47.9 Å². The molecule has 4 rings (SSSR count). The number of alkyl halides is 3. The minimum absolute atomic E-state index is 0.173. The monoisotopic (exact) mass is 494 g/mol. The molecule has 3 N–H and O–H groups in total. The van der Waals surface area contributed by atoms with Crippen molar-refractivity contribution < 1.29 is 28.2 Å². The predicted molar refractivity (Wildman–Crippen MR) is 124 cm³/mol. The van der Waals surface area contributed by atoms with E-state index in [2.05, 4.69) is 15.2 Å². The van der Waals surface area contributed by atoms with E-state index in [4.69, 9.17) is 4.98 Å². The zero-order valence-corrected chi connectivity index (χ0v) is 19.5. The Balaban J connectivity index is 1.66. The maximum absolute atomic E-state index is 13.0. The molecule has 3 aromatic rings. The Hall–Kier alpha value is -2.76. The number of aromatic nitrogens is 2. The molecule has 3 heterocycles. The highest BCUT2D eigenvalue weighted by Crippen LogP contribution is 2.38. The Morgan fingerprint density at radius 1 is 1.21 bits per heavy atom. The summed E-state index contributed by atoms with van der Waals surface area (Å²) in [6.45, 7) is 4.83. The molecule has 0 radical (unpaired) electrons. The molecule has 0 unspecified atom stereocenters. The number of nitrogens with zero attached hydrogens (tertiary/aromatic N) is 3. The van der Waals surface area contributed by atoms with Crippen molar-refractivity contribution >= 4 is 38.3 Å². The van der Waals surface area contributed by atoms with Gasteiger partial charge in [-0.1, -0.05) is 17.4 Å². The van der Waals surface area contributed by atoms with Crippen molar-refractivity contribution in [1.82, 2.24) is 9.97 Å². The van der Waals surface area contributed by atoms with Crippen molar-refractivity contribution in [2.45, 2.75) is 38.5 Å². The van der Waals surface area contributed by atoms with Gasteiger partial charge in [0.2, 0.25) is 0 Å². The van der Waals surface area contributed by atoms with E-state index >= 15 is 0 Å². The van der Waals surface area contributed by atoms with Gasteiger partial charge in [0.1, 0.15) is 11.4 Å². The number of aliphatic hydroxyl groups is 2. The van der Waals surface area contributed by atoms with Crippen LogP contribution in [0.15, 0.2) is 30.3 Å². The Morgan fingerprint density at radius 3 is 2.53 bits per heavy atom. The SMILES string of the molecule is CC(C)(O)c1cc2nc(N3CCC(CO)CC3)sc2cc1NC(=O)c1cccc(C(F)(F)F)n1. The van der Waals surface area contributed by atoms with E-state index in [0.29, 0.717) is 17.0 Å². The van der Waals surface area contributed by atoms with Crippen molar-refractivity contribution in [2.24, 2.45) is 5.92 Å². The first-order chi connectivity index (χ1) is 16.0. The molecule has 0 bridgehead atoms. The second kappa shape index (κ2) is 9.12. The van der Waals surface area contributed by atoms with Gasteiger partial charge in [0, 0.05) is 30.9 Å². The molecule has 1 aliphatic heterocycles. The lowest BCUT2D eigenvalue weighted by molar-refractivity contribution is -0.141. The number of halogens is 3. The molecule has 1 aliphatic rings. The van der Waals surface area contributed by atoms with Gasteiger partial charge in [0.05, 0.1) is 15.8 Å². The first-order valence-electron chi connectivity index (χ1n) is 10.8. The molecule has 0 saturated carbocycles. The maximum atomic E-state index is 13.0. The number of carbonyl (C=O) groups excluding carboxylic acids is 1. The van der Waals surface area contributed by atoms with Crippen molar-refractivity contribution in [3.8, 4) is 0 Å². The second-order valence-corrected chi connectivity index (χ2v) is 9.90. The lowest BCUT2D eigenvalue weighted by Crippen LogP contribution is -2.34. The van der Waals surface area contributed by atoms with Gasteiger partial charge < -0.3 is 20.4 Å². The topological polar surface area (TPSA) is 98.6 Å². The number of hydrogen-bond acceptors (Lipinski definition) is 7. The molecule has 0 atom stereocenters. The molecule has 182 valence electrons. The van der Waals surface area contributed by atoms with Crippen LogP contribution in [-0.2, 0) is 11.8 Å². The van der Waals surface area contributed by atoms with E-state index in [1.165, 1.54) is 17.4 Å². The Labute approximate surface area is 198 Å². The molecule has 34 heavy (non-hydrogen) atoms. The third-order valence-corrected chi connectivity index (χ3v) is 6.92. The highest BCUT2D eigenvalue weighted by molar-refractivity contribution is 7.22. The summed E-state index contributed by atoms with van der Waals surface area (Å²) >= 11 is 1.43. The third kappa shape index (κ3) is 5.16. The van der Waals surface area contributed by atoms with Gasteiger partial charge in [-0.25, -0.2) is 9.97 Å². The lowest BCUT2D eigenvalue weighted by Gasteiger charge is -2.30. The smallest absolute Gasteiger partial charge is 0.396 e. The number of fused-ring (bicyclic) bond motifs is 1. The molecule has 11 heteroatoms. The van der Waals surface area contributed by atoms with Crippen molar-refractivity contribution in [3.05, 3.63) is 47.3 Å². The zero-order chi connectivity index (χ0) is 24.7. The van der Waals surface area contributed by atoms with Gasteiger partial charge in [-0.15, -0.1) is 0 Å². The Morgan fingerprint density at radius 2 is 1.91 bits per heavy atom. The van der Waals surface area contributed by atoms with Crippen LogP contribution in [-0.4, -0.2) is 45.8 Å². The van der Waals surface area contributed by atoms with Crippen LogP contribution in [0.2, 0.25) is 0 Å². The largest absolute Gasteiger partial charge is 0.433 e. The van der Waals surface area contributed by atoms with Gasteiger partial charge in [-0.05, 0) is 56.9 Å². The number of thiazole rings is 1. The van der Waals surface area contributed by atoms with E-state index in [1.807, 2.05) is 0 Å². The second-order valence-electron chi connectivity index (χ2n) is 8.89. The number of hydrogen-bond donors (Lipinski definition) is 3. The highest BCUT2D eigenvalue weighted by atomic mass is 32.1. The molecule has 7 nitrogen and oxygen atoms in total. The summed E-state index contributed by atoms with van der Waals surface area (Å²) in [5.74, 6) is -0.523. The van der Waals surface area contributed by atoms with Gasteiger partial charge in [0.15, 0.2) is 5.13 Å². The van der Waals surface area contributed by atoms with Crippen molar-refractivity contribution in [2.75, 3.05) is 29.9 Å². The molecule has 2 aromatic heterocycles. The highest BCUT2D eigenvalue weighted by Gasteiger charge is 2.33. The zero-order valence-electron chi connectivity index (χ0n) is 18.7. The number of piperidine rings is 1. The summed E-state index contributed by atoms with van der Waals surface area (Å²) < 4.78 is 39.8. The minimum atomic E-state index is -4.67. The third-order valence-electron chi connectivity index (χ3n) is 5.84. The number of nitrogens with one attached hydrogen (secondary N) is 1. The van der Waals surface area contributed by atoms with E-state index in [9.17, 15) is 28.2 Å². The summed E-state index contributed by atoms with van der Waals surface area (Å²) in [7, 11) is 0. The minimum Gasteiger partial charge on any atom is -0.396 e. The Kier molecular flexibility index (Phi) is 6.54. The number of benzene rings is 1. The van der Waals surface area contributed by atoms with Crippen LogP contribution in [0.5, 0.6) is 0 Å². The van der Waals surface area contributed by atoms with Gasteiger partial charge in [-0.3, -0.25) is 4.79 Å². The normalized spacial score (nSPS) is 15.7. The van der Waals surface area contributed by atoms with Crippen LogP contribution in [0.4, 0.5) is 24.0 Å². The first kappa shape index (κ1) is 24.4. The number of anilines is 2. The Bertz CT molecular complexity index is 1200. The average Bonchev–Trinajstić information content (AvgIpc) is 3.20. The molecule has 1 saturated heterocycles. The molecule has 1 aromatic carbocycles. The fourth-order valence-corrected chi connectivity index (χ4v) is 4.96. The molecule has 1 fully saturated rings. The summed E-state index contributed by atoms with van der Waals surface area (Å²) in [5, 5.41) is 23.5. The summed E-state index contributed by atoms with van der Waals surface area (Å²) in [4.78, 5) is 23.0. The van der Waals surface area contributed by atoms with Crippen LogP contribution >= 0.6 is 11.3 Å². The number of rotatable bonds is 5. The molecule has 1 amide bonds. The van der Waals surface area contributed by atoms with Crippen LogP contribution in [0.3, 0.4) is 0 Å². The maximum Gasteiger partial charge on any atom is 0.433 e. The lowest BCUT2D eigenvalue weighted by atomic mass is 9.96. The predicted octanol–water partition coefficient (Wildman–Crippen LogP) is 4.40. The number of amides is 1. The molecular weight excluding hydrogens is 469 g/mol. The first-order valence-corrected chi connectivity index (χ1v) is 11.7. The van der Waals surface area contributed by atoms with Gasteiger partial charge in [-0.2, -0.15) is 13.2 Å². The number of carbonyl (C=O) groups is 1. The molecule has 0 aliphatic carbocycles. The van der Waals surface area contributed by atoms with E-state index in [-0.39, 0.29) is 18.0 Å². The number of pyridine rings is 1. The average molecular weight is 495 g/mol. The van der Waals surface area contributed by atoms with E-state index in [1.54, 1.807) is 26.0 Å². The van der Waals surface area contributed by atoms with Crippen molar-refractivity contribution in [3.63, 3.8) is 0 Å². The standard InChI is InChI=1S/C23H25F3N4O3S/c1-22(2,33)14-10-17-18(34-21(29-17)30-8-6-13(12-31)7-9-30)11-16(14)28-20(32)15-4-3-5-19(27-15)23(24,25)26/h3-5,10-11,13,31,33H,6-9,12H2,1-2H3,(H,28,32).